The van der Waals surface area contributed by atoms with Gasteiger partial charge in [0.15, 0.2) is 11.5 Å². The quantitative estimate of drug-likeness (QED) is 0.280. The van der Waals surface area contributed by atoms with Gasteiger partial charge in [-0.1, -0.05) is 51.8 Å². The Morgan fingerprint density at radius 2 is 1.86 bits per heavy atom. The molecule has 6 nitrogen and oxygen atoms in total. The van der Waals surface area contributed by atoms with Crippen molar-refractivity contribution < 1.29 is 19.1 Å². The third kappa shape index (κ3) is 5.54. The Kier molecular flexibility index (Phi) is 7.81. The van der Waals surface area contributed by atoms with Crippen LogP contribution in [0.2, 0.25) is 5.02 Å². The molecule has 0 aliphatic carbocycles. The number of carbonyl (C=O) groups is 2. The number of carbonyl (C=O) groups excluding carboxylic acids is 2. The van der Waals surface area contributed by atoms with E-state index in [4.69, 9.17) is 21.1 Å². The van der Waals surface area contributed by atoms with Gasteiger partial charge in [-0.15, -0.1) is 0 Å². The predicted molar refractivity (Wildman–Crippen MR) is 141 cm³/mol. The number of amides is 2. The molecule has 1 saturated heterocycles. The molecule has 1 aliphatic heterocycles. The fourth-order valence-electron chi connectivity index (χ4n) is 3.40. The summed E-state index contributed by atoms with van der Waals surface area (Å²) in [6, 6.07) is 19.4. The van der Waals surface area contributed by atoms with Crippen LogP contribution in [0.15, 0.2) is 70.0 Å². The van der Waals surface area contributed by atoms with E-state index in [0.29, 0.717) is 44.4 Å². The molecule has 0 unspecified atom stereocenters. The summed E-state index contributed by atoms with van der Waals surface area (Å²) in [6.45, 7) is 2.44. The Hall–Kier alpha value is -3.25. The first-order valence-electron chi connectivity index (χ1n) is 10.5. The first kappa shape index (κ1) is 24.9. The molecule has 0 bridgehead atoms. The maximum Gasteiger partial charge on any atom is 0.298 e. The Bertz CT molecular complexity index is 1390. The van der Waals surface area contributed by atoms with Crippen molar-refractivity contribution in [1.82, 2.24) is 0 Å². The van der Waals surface area contributed by atoms with Crippen molar-refractivity contribution >= 4 is 62.2 Å². The molecule has 0 spiro atoms. The van der Waals surface area contributed by atoms with Gasteiger partial charge in [0.1, 0.15) is 6.61 Å². The smallest absolute Gasteiger partial charge is 0.298 e. The SMILES string of the molecule is CCOc1cc(/C=C2/SC(=O)N(c3cccc(Cl)c3)C2=O)c(Br)cc1OCc1ccccc1C#N. The molecular weight excluding hydrogens is 552 g/mol. The van der Waals surface area contributed by atoms with E-state index in [1.807, 2.05) is 19.1 Å². The maximum atomic E-state index is 13.0. The summed E-state index contributed by atoms with van der Waals surface area (Å²) in [7, 11) is 0. The molecule has 9 heteroatoms. The highest BCUT2D eigenvalue weighted by atomic mass is 79.9. The van der Waals surface area contributed by atoms with E-state index in [1.54, 1.807) is 54.6 Å². The van der Waals surface area contributed by atoms with Gasteiger partial charge in [0.2, 0.25) is 0 Å². The summed E-state index contributed by atoms with van der Waals surface area (Å²) >= 11 is 10.4. The molecule has 4 rings (SSSR count). The molecule has 0 atom stereocenters. The lowest BCUT2D eigenvalue weighted by atomic mass is 10.1. The molecule has 0 saturated carbocycles. The fourth-order valence-corrected chi connectivity index (χ4v) is 4.85. The Balaban J connectivity index is 1.62. The van der Waals surface area contributed by atoms with Crippen LogP contribution in [0.3, 0.4) is 0 Å². The first-order valence-corrected chi connectivity index (χ1v) is 12.5. The average molecular weight is 570 g/mol. The van der Waals surface area contributed by atoms with E-state index in [1.165, 1.54) is 0 Å². The van der Waals surface area contributed by atoms with Crippen LogP contribution in [0.5, 0.6) is 11.5 Å². The number of anilines is 1. The van der Waals surface area contributed by atoms with Gasteiger partial charge in [-0.2, -0.15) is 5.26 Å². The summed E-state index contributed by atoms with van der Waals surface area (Å²) in [5.74, 6) is 0.529. The average Bonchev–Trinajstić information content (AvgIpc) is 3.12. The number of ether oxygens (including phenoxy) is 2. The molecular formula is C26H18BrClN2O4S. The largest absolute Gasteiger partial charge is 0.490 e. The fraction of sp³-hybridized carbons (Fsp3) is 0.115. The van der Waals surface area contributed by atoms with E-state index in [0.717, 1.165) is 22.2 Å². The van der Waals surface area contributed by atoms with Gasteiger partial charge in [-0.3, -0.25) is 9.59 Å². The van der Waals surface area contributed by atoms with Crippen LogP contribution >= 0.6 is 39.3 Å². The zero-order chi connectivity index (χ0) is 24.9. The zero-order valence-electron chi connectivity index (χ0n) is 18.5. The number of rotatable bonds is 7. The normalized spacial score (nSPS) is 14.3. The Morgan fingerprint density at radius 3 is 2.60 bits per heavy atom. The second-order valence-corrected chi connectivity index (χ2v) is 9.59. The lowest BCUT2D eigenvalue weighted by Gasteiger charge is -2.15. The minimum atomic E-state index is -0.430. The number of thioether (sulfide) groups is 1. The summed E-state index contributed by atoms with van der Waals surface area (Å²) in [6.07, 6.45) is 1.64. The van der Waals surface area contributed by atoms with Crippen LogP contribution in [0, 0.1) is 11.3 Å². The second-order valence-electron chi connectivity index (χ2n) is 7.31. The topological polar surface area (TPSA) is 79.6 Å². The highest BCUT2D eigenvalue weighted by Crippen LogP contribution is 2.40. The predicted octanol–water partition coefficient (Wildman–Crippen LogP) is 7.19. The van der Waals surface area contributed by atoms with Crippen LogP contribution in [0.25, 0.3) is 6.08 Å². The van der Waals surface area contributed by atoms with Gasteiger partial charge in [-0.25, -0.2) is 4.90 Å². The number of nitriles is 1. The Morgan fingerprint density at radius 1 is 1.09 bits per heavy atom. The highest BCUT2D eigenvalue weighted by Gasteiger charge is 2.36. The van der Waals surface area contributed by atoms with Crippen LogP contribution in [-0.2, 0) is 11.4 Å². The minimum Gasteiger partial charge on any atom is -0.490 e. The van der Waals surface area contributed by atoms with Crippen molar-refractivity contribution in [2.75, 3.05) is 11.5 Å². The number of hydrogen-bond acceptors (Lipinski definition) is 6. The van der Waals surface area contributed by atoms with Crippen LogP contribution in [0.1, 0.15) is 23.6 Å². The van der Waals surface area contributed by atoms with Gasteiger partial charge >= 0.3 is 0 Å². The number of hydrogen-bond donors (Lipinski definition) is 0. The molecule has 0 aromatic heterocycles. The molecule has 3 aromatic carbocycles. The molecule has 35 heavy (non-hydrogen) atoms. The summed E-state index contributed by atoms with van der Waals surface area (Å²) in [5.41, 5.74) is 2.36. The number of imide groups is 1. The van der Waals surface area contributed by atoms with Crippen molar-refractivity contribution in [3.8, 4) is 17.6 Å². The van der Waals surface area contributed by atoms with Crippen molar-refractivity contribution in [2.24, 2.45) is 0 Å². The van der Waals surface area contributed by atoms with Gasteiger partial charge in [0.05, 0.1) is 28.8 Å². The number of benzene rings is 3. The first-order chi connectivity index (χ1) is 16.9. The van der Waals surface area contributed by atoms with Crippen molar-refractivity contribution in [3.05, 3.63) is 91.8 Å². The van der Waals surface area contributed by atoms with Crippen molar-refractivity contribution in [1.29, 1.82) is 5.26 Å². The molecule has 1 heterocycles. The second kappa shape index (κ2) is 11.0. The van der Waals surface area contributed by atoms with Crippen LogP contribution in [-0.4, -0.2) is 17.8 Å². The minimum absolute atomic E-state index is 0.189. The van der Waals surface area contributed by atoms with Gasteiger partial charge in [0, 0.05) is 15.1 Å². The molecule has 176 valence electrons. The molecule has 1 fully saturated rings. The third-order valence-electron chi connectivity index (χ3n) is 5.03. The van der Waals surface area contributed by atoms with Crippen LogP contribution < -0.4 is 14.4 Å². The van der Waals surface area contributed by atoms with Crippen LogP contribution in [0.4, 0.5) is 10.5 Å². The van der Waals surface area contributed by atoms with E-state index in [2.05, 4.69) is 22.0 Å². The number of halogens is 2. The zero-order valence-corrected chi connectivity index (χ0v) is 21.6. The molecule has 0 N–H and O–H groups in total. The molecule has 1 aliphatic rings. The lowest BCUT2D eigenvalue weighted by molar-refractivity contribution is -0.113. The number of nitrogens with zero attached hydrogens (tertiary/aromatic N) is 2. The van der Waals surface area contributed by atoms with Gasteiger partial charge in [-0.05, 0) is 66.7 Å². The van der Waals surface area contributed by atoms with Gasteiger partial charge in [0.25, 0.3) is 11.1 Å². The molecule has 0 radical (unpaired) electrons. The van der Waals surface area contributed by atoms with E-state index in [-0.39, 0.29) is 11.5 Å². The summed E-state index contributed by atoms with van der Waals surface area (Å²) < 4.78 is 12.4. The Labute approximate surface area is 220 Å². The highest BCUT2D eigenvalue weighted by molar-refractivity contribution is 9.10. The van der Waals surface area contributed by atoms with Crippen molar-refractivity contribution in [3.63, 3.8) is 0 Å². The van der Waals surface area contributed by atoms with E-state index >= 15 is 0 Å². The third-order valence-corrected chi connectivity index (χ3v) is 6.82. The summed E-state index contributed by atoms with van der Waals surface area (Å²) in [4.78, 5) is 27.0. The van der Waals surface area contributed by atoms with E-state index in [9.17, 15) is 14.9 Å². The van der Waals surface area contributed by atoms with E-state index < -0.39 is 11.1 Å². The maximum absolute atomic E-state index is 13.0. The summed E-state index contributed by atoms with van der Waals surface area (Å²) in [5, 5.41) is 9.34. The van der Waals surface area contributed by atoms with Crippen molar-refractivity contribution in [2.45, 2.75) is 13.5 Å². The standard InChI is InChI=1S/C26H18BrClN2O4S/c1-2-33-22-10-18(21(27)13-23(22)34-15-17-7-4-3-6-16(17)14-29)11-24-25(31)30(26(32)35-24)20-9-5-8-19(28)12-20/h3-13H,2,15H2,1H3/b24-11+. The molecule has 2 amide bonds. The lowest BCUT2D eigenvalue weighted by Crippen LogP contribution is -2.27. The van der Waals surface area contributed by atoms with Gasteiger partial charge < -0.3 is 9.47 Å². The monoisotopic (exact) mass is 568 g/mol. The molecule has 3 aromatic rings.